The maximum atomic E-state index is 11.1. The summed E-state index contributed by atoms with van der Waals surface area (Å²) in [5, 5.41) is 3.10. The van der Waals surface area contributed by atoms with Crippen LogP contribution in [-0.4, -0.2) is 42.9 Å². The van der Waals surface area contributed by atoms with Gasteiger partial charge in [0.05, 0.1) is 0 Å². The molecule has 0 saturated heterocycles. The summed E-state index contributed by atoms with van der Waals surface area (Å²) in [6, 6.07) is 0. The maximum absolute atomic E-state index is 11.1. The van der Waals surface area contributed by atoms with Gasteiger partial charge in [0.15, 0.2) is 0 Å². The van der Waals surface area contributed by atoms with E-state index in [1.54, 1.807) is 12.5 Å². The van der Waals surface area contributed by atoms with Crippen LogP contribution in [0.2, 0.25) is 0 Å². The van der Waals surface area contributed by atoms with Gasteiger partial charge in [-0.2, -0.15) is 0 Å². The Labute approximate surface area is 69.5 Å². The molecule has 0 radical (unpaired) electrons. The van der Waals surface area contributed by atoms with E-state index in [1.165, 1.54) is 0 Å². The number of thiol groups is 1. The molecule has 0 fully saturated rings. The largest absolute Gasteiger partial charge is 0.329 e. The van der Waals surface area contributed by atoms with Crippen LogP contribution in [0.4, 0.5) is 0 Å². The van der Waals surface area contributed by atoms with E-state index >= 15 is 0 Å². The third-order valence-corrected chi connectivity index (χ3v) is 2.10. The number of nitrogens with two attached hydrogens (primary N) is 1. The lowest BCUT2D eigenvalue weighted by atomic mass is 10.6. The number of nitrogens with one attached hydrogen (secondary N) is 2. The summed E-state index contributed by atoms with van der Waals surface area (Å²) in [5.41, 5.74) is 5.26. The van der Waals surface area contributed by atoms with Gasteiger partial charge in [0.25, 0.3) is 0 Å². The van der Waals surface area contributed by atoms with Crippen LogP contribution in [0, 0.1) is 0 Å². The van der Waals surface area contributed by atoms with Crippen LogP contribution >= 0.6 is 0 Å². The first-order valence-corrected chi connectivity index (χ1v) is 6.37. The van der Waals surface area contributed by atoms with Crippen molar-refractivity contribution in [1.82, 2.24) is 10.0 Å². The topological polar surface area (TPSA) is 67.2 Å². The van der Waals surface area contributed by atoms with E-state index in [2.05, 4.69) is 10.0 Å². The van der Waals surface area contributed by atoms with Crippen molar-refractivity contribution in [1.29, 1.82) is 0 Å². The van der Waals surface area contributed by atoms with Crippen LogP contribution in [0.15, 0.2) is 0 Å². The van der Waals surface area contributed by atoms with Gasteiger partial charge in [0.1, 0.15) is 0 Å². The van der Waals surface area contributed by atoms with E-state index in [0.717, 1.165) is 19.6 Å². The molecule has 0 bridgehead atoms. The zero-order chi connectivity index (χ0) is 8.74. The Kier molecular flexibility index (Phi) is 5.67. The van der Waals surface area contributed by atoms with E-state index in [4.69, 9.17) is 5.73 Å². The molecule has 0 aromatic carbocycles. The third kappa shape index (κ3) is 10.0. The summed E-state index contributed by atoms with van der Waals surface area (Å²) in [7, 11) is -2.04. The molecule has 0 aromatic heterocycles. The van der Waals surface area contributed by atoms with Gasteiger partial charge >= 0.3 is 0 Å². The van der Waals surface area contributed by atoms with Crippen molar-refractivity contribution in [2.24, 2.45) is 5.73 Å². The Morgan fingerprint density at radius 2 is 1.91 bits per heavy atom. The highest BCUT2D eigenvalue weighted by atomic mass is 32.3. The van der Waals surface area contributed by atoms with Crippen LogP contribution in [0.25, 0.3) is 0 Å². The molecule has 0 aliphatic rings. The molecule has 70 valence electrons. The van der Waals surface area contributed by atoms with Gasteiger partial charge in [-0.05, 0) is 0 Å². The second-order valence-corrected chi connectivity index (χ2v) is 5.82. The van der Waals surface area contributed by atoms with Crippen LogP contribution in [-0.2, 0) is 10.1 Å². The summed E-state index contributed by atoms with van der Waals surface area (Å²) < 4.78 is 14.0. The fourth-order valence-electron chi connectivity index (χ4n) is 0.641. The number of hydrogen-bond acceptors (Lipinski definition) is 3. The summed E-state index contributed by atoms with van der Waals surface area (Å²) in [6.07, 6.45) is 3.44. The zero-order valence-corrected chi connectivity index (χ0v) is 8.16. The molecule has 5 heteroatoms. The second kappa shape index (κ2) is 5.65. The van der Waals surface area contributed by atoms with Gasteiger partial charge in [0.2, 0.25) is 0 Å². The molecule has 0 aliphatic carbocycles. The van der Waals surface area contributed by atoms with E-state index in [1.807, 2.05) is 0 Å². The van der Waals surface area contributed by atoms with Gasteiger partial charge in [-0.25, -0.2) is 0 Å². The average molecular weight is 181 g/mol. The van der Waals surface area contributed by atoms with Crippen molar-refractivity contribution >= 4 is 10.1 Å². The van der Waals surface area contributed by atoms with Crippen molar-refractivity contribution in [3.05, 3.63) is 0 Å². The molecule has 0 atom stereocenters. The molecular formula is C6H19N3OS. The highest BCUT2D eigenvalue weighted by Gasteiger charge is 1.95. The first-order chi connectivity index (χ1) is 5.06. The lowest BCUT2D eigenvalue weighted by molar-refractivity contribution is 0.648. The Bertz CT molecular complexity index is 134. The van der Waals surface area contributed by atoms with Crippen molar-refractivity contribution in [2.45, 2.75) is 0 Å². The van der Waals surface area contributed by atoms with Crippen LogP contribution < -0.4 is 15.8 Å². The molecule has 0 aromatic rings. The quantitative estimate of drug-likeness (QED) is 0.292. The molecule has 0 saturated carbocycles. The molecule has 0 amide bonds. The molecule has 11 heavy (non-hydrogen) atoms. The molecule has 0 heterocycles. The first kappa shape index (κ1) is 11.0. The second-order valence-electron chi connectivity index (χ2n) is 2.80. The normalized spacial score (nSPS) is 13.4. The Balaban J connectivity index is 3.09. The highest BCUT2D eigenvalue weighted by Crippen LogP contribution is 1.81. The average Bonchev–Trinajstić information content (AvgIpc) is 1.85. The summed E-state index contributed by atoms with van der Waals surface area (Å²) >= 11 is 0. The summed E-state index contributed by atoms with van der Waals surface area (Å²) in [5.74, 6) is 0. The fourth-order valence-corrected chi connectivity index (χ4v) is 1.29. The monoisotopic (exact) mass is 181 g/mol. The first-order valence-electron chi connectivity index (χ1n) is 3.77. The van der Waals surface area contributed by atoms with Gasteiger partial charge in [0, 0.05) is 38.7 Å². The molecule has 0 rings (SSSR count). The van der Waals surface area contributed by atoms with Crippen molar-refractivity contribution in [3.63, 3.8) is 0 Å². The summed E-state index contributed by atoms with van der Waals surface area (Å²) in [4.78, 5) is 0. The van der Waals surface area contributed by atoms with Crippen LogP contribution in [0.5, 0.6) is 0 Å². The van der Waals surface area contributed by atoms with Crippen LogP contribution in [0.1, 0.15) is 0 Å². The van der Waals surface area contributed by atoms with Gasteiger partial charge < -0.3 is 11.1 Å². The minimum Gasteiger partial charge on any atom is -0.329 e. The molecular weight excluding hydrogens is 162 g/mol. The Morgan fingerprint density at radius 3 is 2.36 bits per heavy atom. The lowest BCUT2D eigenvalue weighted by Crippen LogP contribution is -2.36. The van der Waals surface area contributed by atoms with Gasteiger partial charge in [-0.1, -0.05) is 10.1 Å². The molecule has 4 nitrogen and oxygen atoms in total. The SMILES string of the molecule is C[SH](C)(=O)NCCNCCN. The smallest absolute Gasteiger partial charge is 0.0188 e. The molecule has 4 N–H and O–H groups in total. The Hall–Kier alpha value is 0.0300. The van der Waals surface area contributed by atoms with Crippen LogP contribution in [0.3, 0.4) is 0 Å². The van der Waals surface area contributed by atoms with E-state index in [9.17, 15) is 4.21 Å². The Morgan fingerprint density at radius 1 is 1.27 bits per heavy atom. The zero-order valence-electron chi connectivity index (χ0n) is 7.26. The minimum absolute atomic E-state index is 0.649. The molecule has 0 aliphatic heterocycles. The van der Waals surface area contributed by atoms with Crippen molar-refractivity contribution in [3.8, 4) is 0 Å². The third-order valence-electron chi connectivity index (χ3n) is 1.12. The highest BCUT2D eigenvalue weighted by molar-refractivity contribution is 7.99. The number of hydrogen-bond donors (Lipinski definition) is 4. The molecule has 0 unspecified atom stereocenters. The minimum atomic E-state index is -2.04. The maximum Gasteiger partial charge on any atom is 0.0188 e. The van der Waals surface area contributed by atoms with E-state index < -0.39 is 10.1 Å². The predicted octanol–water partition coefficient (Wildman–Crippen LogP) is -1.68. The van der Waals surface area contributed by atoms with Gasteiger partial charge in [-0.15, -0.1) is 0 Å². The van der Waals surface area contributed by atoms with E-state index in [0.29, 0.717) is 6.54 Å². The van der Waals surface area contributed by atoms with Crippen molar-refractivity contribution < 1.29 is 4.21 Å². The van der Waals surface area contributed by atoms with Crippen molar-refractivity contribution in [2.75, 3.05) is 38.7 Å². The lowest BCUT2D eigenvalue weighted by Gasteiger charge is -2.14. The van der Waals surface area contributed by atoms with E-state index in [-0.39, 0.29) is 0 Å². The molecule has 0 spiro atoms. The van der Waals surface area contributed by atoms with Gasteiger partial charge in [-0.3, -0.25) is 8.93 Å². The summed E-state index contributed by atoms with van der Waals surface area (Å²) in [6.45, 7) is 3.03. The number of rotatable bonds is 6. The fraction of sp³-hybridized carbons (Fsp3) is 1.00. The standard InChI is InChI=1S/C6H19N3OS/c1-11(2,10)9-6-5-8-4-3-7/h8,11H,3-7H2,1-2H3,(H,9,10). The predicted molar refractivity (Wildman–Crippen MR) is 51.3 cm³/mol.